The van der Waals surface area contributed by atoms with E-state index in [1.165, 1.54) is 0 Å². The Bertz CT molecular complexity index is 1220. The highest BCUT2D eigenvalue weighted by atomic mass is 16.5. The van der Waals surface area contributed by atoms with Crippen LogP contribution in [0.3, 0.4) is 0 Å². The first-order valence-electron chi connectivity index (χ1n) is 10.8. The molecule has 0 aliphatic heterocycles. The average Bonchev–Trinajstić information content (AvgIpc) is 3.29. The second kappa shape index (κ2) is 9.83. The van der Waals surface area contributed by atoms with Crippen molar-refractivity contribution >= 4 is 0 Å². The molecule has 0 unspecified atom stereocenters. The third kappa shape index (κ3) is 4.45. The maximum absolute atomic E-state index is 5.75. The molecule has 0 N–H and O–H groups in total. The Kier molecular flexibility index (Phi) is 6.70. The fourth-order valence-electron chi connectivity index (χ4n) is 4.29. The molecule has 0 amide bonds. The number of rotatable bonds is 8. The Hall–Kier alpha value is -3.71. The van der Waals surface area contributed by atoms with E-state index < -0.39 is 0 Å². The van der Waals surface area contributed by atoms with Crippen LogP contribution in [0.15, 0.2) is 66.7 Å². The van der Waals surface area contributed by atoms with Crippen LogP contribution in [0.25, 0.3) is 5.69 Å². The van der Waals surface area contributed by atoms with Crippen molar-refractivity contribution in [1.82, 2.24) is 25.1 Å². The summed E-state index contributed by atoms with van der Waals surface area (Å²) in [4.78, 5) is 2.24. The number of aromatic nitrogens is 4. The Morgan fingerprint density at radius 1 is 0.909 bits per heavy atom. The molecule has 1 heterocycles. The lowest BCUT2D eigenvalue weighted by Crippen LogP contribution is -2.28. The first-order valence-corrected chi connectivity index (χ1v) is 10.8. The van der Waals surface area contributed by atoms with E-state index >= 15 is 0 Å². The molecule has 1 atom stereocenters. The van der Waals surface area contributed by atoms with E-state index in [9.17, 15) is 0 Å². The fraction of sp³-hybridized carbons (Fsp3) is 0.269. The highest BCUT2D eigenvalue weighted by molar-refractivity contribution is 5.49. The van der Waals surface area contributed by atoms with E-state index in [0.717, 1.165) is 45.3 Å². The van der Waals surface area contributed by atoms with Gasteiger partial charge < -0.3 is 9.47 Å². The molecule has 0 saturated carbocycles. The van der Waals surface area contributed by atoms with Gasteiger partial charge >= 0.3 is 0 Å². The number of aryl methyl sites for hydroxylation is 1. The standard InChI is InChI=1S/C26H29N5O2/c1-18-11-9-10-14-22(18)31-26(27-28-29-31)24(20-12-7-6-8-13-20)30(3)17-21-15-16-23(32-4)19(2)25(21)33-5/h6-16,24H,17H2,1-5H3/t24-/m1/s1. The number of benzene rings is 3. The Balaban J connectivity index is 1.78. The van der Waals surface area contributed by atoms with Gasteiger partial charge in [-0.1, -0.05) is 54.6 Å². The normalized spacial score (nSPS) is 12.1. The van der Waals surface area contributed by atoms with E-state index in [4.69, 9.17) is 9.47 Å². The van der Waals surface area contributed by atoms with Gasteiger partial charge in [0.2, 0.25) is 0 Å². The van der Waals surface area contributed by atoms with Gasteiger partial charge in [-0.2, -0.15) is 4.68 Å². The maximum atomic E-state index is 5.75. The van der Waals surface area contributed by atoms with Crippen molar-refractivity contribution < 1.29 is 9.47 Å². The van der Waals surface area contributed by atoms with Gasteiger partial charge in [-0.15, -0.1) is 5.10 Å². The average molecular weight is 444 g/mol. The number of para-hydroxylation sites is 1. The topological polar surface area (TPSA) is 65.3 Å². The highest BCUT2D eigenvalue weighted by Gasteiger charge is 2.27. The SMILES string of the molecule is COc1ccc(CN(C)[C@H](c2ccccc2)c2nnnn2-c2ccccc2C)c(OC)c1C. The predicted octanol–water partition coefficient (Wildman–Crippen LogP) is 4.52. The van der Waals surface area contributed by atoms with Gasteiger partial charge in [0.1, 0.15) is 11.5 Å². The second-order valence-corrected chi connectivity index (χ2v) is 8.05. The molecule has 0 aliphatic rings. The molecule has 0 saturated heterocycles. The molecule has 33 heavy (non-hydrogen) atoms. The number of nitrogens with zero attached hydrogens (tertiary/aromatic N) is 5. The molecule has 170 valence electrons. The molecular formula is C26H29N5O2. The van der Waals surface area contributed by atoms with Crippen molar-refractivity contribution in [1.29, 1.82) is 0 Å². The molecular weight excluding hydrogens is 414 g/mol. The van der Waals surface area contributed by atoms with Crippen LogP contribution < -0.4 is 9.47 Å². The van der Waals surface area contributed by atoms with Crippen LogP contribution in [-0.2, 0) is 6.54 Å². The molecule has 0 fully saturated rings. The van der Waals surface area contributed by atoms with Crippen molar-refractivity contribution in [2.45, 2.75) is 26.4 Å². The van der Waals surface area contributed by atoms with Crippen molar-refractivity contribution in [2.24, 2.45) is 0 Å². The fourth-order valence-corrected chi connectivity index (χ4v) is 4.29. The summed E-state index contributed by atoms with van der Waals surface area (Å²) in [6, 6.07) is 22.3. The van der Waals surface area contributed by atoms with E-state index in [1.807, 2.05) is 60.1 Å². The van der Waals surface area contributed by atoms with Crippen LogP contribution in [0, 0.1) is 13.8 Å². The third-order valence-corrected chi connectivity index (χ3v) is 5.92. The minimum absolute atomic E-state index is 0.173. The minimum Gasteiger partial charge on any atom is -0.496 e. The first kappa shape index (κ1) is 22.5. The number of methoxy groups -OCH3 is 2. The summed E-state index contributed by atoms with van der Waals surface area (Å²) in [6.07, 6.45) is 0. The van der Waals surface area contributed by atoms with Crippen LogP contribution in [0.5, 0.6) is 11.5 Å². The minimum atomic E-state index is -0.173. The molecule has 0 radical (unpaired) electrons. The second-order valence-electron chi connectivity index (χ2n) is 8.05. The summed E-state index contributed by atoms with van der Waals surface area (Å²) < 4.78 is 13.1. The van der Waals surface area contributed by atoms with Crippen molar-refractivity contribution in [3.05, 3.63) is 94.8 Å². The molecule has 1 aromatic heterocycles. The lowest BCUT2D eigenvalue weighted by Gasteiger charge is -2.28. The molecule has 7 heteroatoms. The van der Waals surface area contributed by atoms with Crippen LogP contribution in [-0.4, -0.2) is 46.4 Å². The molecule has 3 aromatic carbocycles. The Morgan fingerprint density at radius 2 is 1.64 bits per heavy atom. The number of hydrogen-bond acceptors (Lipinski definition) is 6. The zero-order valence-corrected chi connectivity index (χ0v) is 19.7. The molecule has 0 aliphatic carbocycles. The molecule has 7 nitrogen and oxygen atoms in total. The van der Waals surface area contributed by atoms with E-state index in [-0.39, 0.29) is 6.04 Å². The van der Waals surface area contributed by atoms with Crippen LogP contribution in [0.1, 0.15) is 34.1 Å². The van der Waals surface area contributed by atoms with Crippen LogP contribution >= 0.6 is 0 Å². The maximum Gasteiger partial charge on any atom is 0.178 e. The number of hydrogen-bond donors (Lipinski definition) is 0. The van der Waals surface area contributed by atoms with Crippen LogP contribution in [0.2, 0.25) is 0 Å². The predicted molar refractivity (Wildman–Crippen MR) is 128 cm³/mol. The summed E-state index contributed by atoms with van der Waals surface area (Å²) in [5.74, 6) is 2.38. The van der Waals surface area contributed by atoms with Gasteiger partial charge in [0, 0.05) is 17.7 Å². The van der Waals surface area contributed by atoms with Gasteiger partial charge in [-0.05, 0) is 54.6 Å². The molecule has 0 spiro atoms. The zero-order valence-electron chi connectivity index (χ0n) is 19.7. The van der Waals surface area contributed by atoms with Crippen molar-refractivity contribution in [3.63, 3.8) is 0 Å². The highest BCUT2D eigenvalue weighted by Crippen LogP contribution is 2.35. The summed E-state index contributed by atoms with van der Waals surface area (Å²) in [5.41, 5.74) is 5.22. The first-order chi connectivity index (χ1) is 16.0. The quantitative estimate of drug-likeness (QED) is 0.399. The molecule has 4 rings (SSSR count). The summed E-state index contributed by atoms with van der Waals surface area (Å²) in [6.45, 7) is 4.70. The third-order valence-electron chi connectivity index (χ3n) is 5.92. The van der Waals surface area contributed by atoms with Gasteiger partial charge in [0.25, 0.3) is 0 Å². The van der Waals surface area contributed by atoms with E-state index in [0.29, 0.717) is 6.54 Å². The monoisotopic (exact) mass is 443 g/mol. The number of ether oxygens (including phenoxy) is 2. The van der Waals surface area contributed by atoms with Crippen molar-refractivity contribution in [2.75, 3.05) is 21.3 Å². The smallest absolute Gasteiger partial charge is 0.178 e. The van der Waals surface area contributed by atoms with Gasteiger partial charge in [0.05, 0.1) is 25.9 Å². The Morgan fingerprint density at radius 3 is 2.33 bits per heavy atom. The zero-order chi connectivity index (χ0) is 23.4. The van der Waals surface area contributed by atoms with E-state index in [2.05, 4.69) is 52.6 Å². The molecule has 0 bridgehead atoms. The Labute approximate surface area is 194 Å². The summed E-state index contributed by atoms with van der Waals surface area (Å²) in [5, 5.41) is 12.9. The van der Waals surface area contributed by atoms with Gasteiger partial charge in [-0.3, -0.25) is 4.90 Å². The summed E-state index contributed by atoms with van der Waals surface area (Å²) in [7, 11) is 5.44. The van der Waals surface area contributed by atoms with Gasteiger partial charge in [-0.25, -0.2) is 0 Å². The lowest BCUT2D eigenvalue weighted by molar-refractivity contribution is 0.253. The van der Waals surface area contributed by atoms with Gasteiger partial charge in [0.15, 0.2) is 5.82 Å². The van der Waals surface area contributed by atoms with Crippen molar-refractivity contribution in [3.8, 4) is 17.2 Å². The lowest BCUT2D eigenvalue weighted by atomic mass is 10.0. The van der Waals surface area contributed by atoms with E-state index in [1.54, 1.807) is 14.2 Å². The number of tetrazole rings is 1. The molecule has 4 aromatic rings. The largest absolute Gasteiger partial charge is 0.496 e. The van der Waals surface area contributed by atoms with Crippen LogP contribution in [0.4, 0.5) is 0 Å². The summed E-state index contributed by atoms with van der Waals surface area (Å²) >= 11 is 0.